The van der Waals surface area contributed by atoms with Gasteiger partial charge in [-0.15, -0.1) is 0 Å². The maximum atomic E-state index is 12.2. The fourth-order valence-electron chi connectivity index (χ4n) is 1.35. The quantitative estimate of drug-likeness (QED) is 0.866. The molecule has 0 aliphatic rings. The zero-order chi connectivity index (χ0) is 14.0. The minimum atomic E-state index is -3.88. The van der Waals surface area contributed by atoms with Gasteiger partial charge in [-0.25, -0.2) is 13.4 Å². The van der Waals surface area contributed by atoms with E-state index in [1.807, 2.05) is 0 Å². The molecule has 19 heavy (non-hydrogen) atoms. The van der Waals surface area contributed by atoms with Crippen LogP contribution in [0.15, 0.2) is 41.4 Å². The number of anilines is 1. The number of benzene rings is 1. The lowest BCUT2D eigenvalue weighted by Gasteiger charge is -2.10. The van der Waals surface area contributed by atoms with E-state index in [9.17, 15) is 8.42 Å². The standard InChI is InChI=1S/C11H7Cl3N2O2S/c12-7-3-4-8(13)10(6-7)19(17,18)16-9-2-1-5-15-11(9)14/h1-6,16H. The van der Waals surface area contributed by atoms with Crippen molar-refractivity contribution in [1.29, 1.82) is 0 Å². The molecule has 0 spiro atoms. The van der Waals surface area contributed by atoms with Gasteiger partial charge in [0.15, 0.2) is 5.15 Å². The summed E-state index contributed by atoms with van der Waals surface area (Å²) in [5.74, 6) is 0. The third-order valence-electron chi connectivity index (χ3n) is 2.19. The molecule has 0 aliphatic heterocycles. The van der Waals surface area contributed by atoms with Crippen LogP contribution in [0.2, 0.25) is 15.2 Å². The van der Waals surface area contributed by atoms with Crippen molar-refractivity contribution in [3.63, 3.8) is 0 Å². The first-order valence-electron chi connectivity index (χ1n) is 4.98. The molecular weight excluding hydrogens is 331 g/mol. The van der Waals surface area contributed by atoms with Crippen LogP contribution in [0.1, 0.15) is 0 Å². The zero-order valence-corrected chi connectivity index (χ0v) is 12.4. The van der Waals surface area contributed by atoms with Crippen LogP contribution in [0.4, 0.5) is 5.69 Å². The number of pyridine rings is 1. The van der Waals surface area contributed by atoms with Crippen molar-refractivity contribution >= 4 is 50.5 Å². The molecule has 1 heterocycles. The van der Waals surface area contributed by atoms with Gasteiger partial charge in [0, 0.05) is 11.2 Å². The summed E-state index contributed by atoms with van der Waals surface area (Å²) in [6, 6.07) is 7.22. The van der Waals surface area contributed by atoms with Crippen molar-refractivity contribution in [2.24, 2.45) is 0 Å². The Labute approximate surface area is 125 Å². The van der Waals surface area contributed by atoms with Crippen LogP contribution in [-0.2, 0) is 10.0 Å². The van der Waals surface area contributed by atoms with Crippen molar-refractivity contribution in [3.05, 3.63) is 51.7 Å². The highest BCUT2D eigenvalue weighted by molar-refractivity contribution is 7.92. The lowest BCUT2D eigenvalue weighted by Crippen LogP contribution is -2.14. The molecule has 2 aromatic rings. The molecule has 0 unspecified atom stereocenters. The number of sulfonamides is 1. The molecule has 1 aromatic heterocycles. The van der Waals surface area contributed by atoms with Crippen LogP contribution in [0.25, 0.3) is 0 Å². The van der Waals surface area contributed by atoms with E-state index in [-0.39, 0.29) is 25.8 Å². The van der Waals surface area contributed by atoms with E-state index < -0.39 is 10.0 Å². The number of rotatable bonds is 3. The lowest BCUT2D eigenvalue weighted by molar-refractivity contribution is 0.601. The zero-order valence-electron chi connectivity index (χ0n) is 9.27. The second kappa shape index (κ2) is 5.54. The SMILES string of the molecule is O=S(=O)(Nc1cccnc1Cl)c1cc(Cl)ccc1Cl. The van der Waals surface area contributed by atoms with E-state index in [2.05, 4.69) is 9.71 Å². The molecular formula is C11H7Cl3N2O2S. The fraction of sp³-hybridized carbons (Fsp3) is 0. The van der Waals surface area contributed by atoms with Crippen molar-refractivity contribution in [2.45, 2.75) is 4.90 Å². The fourth-order valence-corrected chi connectivity index (χ4v) is 3.40. The molecule has 0 aliphatic carbocycles. The summed E-state index contributed by atoms with van der Waals surface area (Å²) in [5.41, 5.74) is 0.167. The van der Waals surface area contributed by atoms with E-state index >= 15 is 0 Å². The third kappa shape index (κ3) is 3.30. The minimum Gasteiger partial charge on any atom is -0.276 e. The van der Waals surface area contributed by atoms with Crippen molar-refractivity contribution in [3.8, 4) is 0 Å². The Morgan fingerprint density at radius 3 is 2.53 bits per heavy atom. The number of hydrogen-bond donors (Lipinski definition) is 1. The van der Waals surface area contributed by atoms with Crippen molar-refractivity contribution in [2.75, 3.05) is 4.72 Å². The Kier molecular flexibility index (Phi) is 4.20. The van der Waals surface area contributed by atoms with Gasteiger partial charge in [0.05, 0.1) is 10.7 Å². The topological polar surface area (TPSA) is 59.1 Å². The van der Waals surface area contributed by atoms with E-state index in [0.717, 1.165) is 0 Å². The first-order valence-corrected chi connectivity index (χ1v) is 7.60. The molecule has 2 rings (SSSR count). The molecule has 0 saturated heterocycles. The normalized spacial score (nSPS) is 11.3. The summed E-state index contributed by atoms with van der Waals surface area (Å²) in [6.45, 7) is 0. The van der Waals surface area contributed by atoms with Gasteiger partial charge >= 0.3 is 0 Å². The number of halogens is 3. The monoisotopic (exact) mass is 336 g/mol. The lowest BCUT2D eigenvalue weighted by atomic mass is 10.4. The molecule has 100 valence electrons. The molecule has 4 nitrogen and oxygen atoms in total. The molecule has 0 radical (unpaired) electrons. The highest BCUT2D eigenvalue weighted by atomic mass is 35.5. The smallest absolute Gasteiger partial charge is 0.263 e. The van der Waals surface area contributed by atoms with Crippen molar-refractivity contribution < 1.29 is 8.42 Å². The largest absolute Gasteiger partial charge is 0.276 e. The predicted octanol–water partition coefficient (Wildman–Crippen LogP) is 3.84. The predicted molar refractivity (Wildman–Crippen MR) is 76.5 cm³/mol. The molecule has 0 amide bonds. The highest BCUT2D eigenvalue weighted by Gasteiger charge is 2.19. The average Bonchev–Trinajstić information content (AvgIpc) is 2.35. The molecule has 0 saturated carbocycles. The van der Waals surface area contributed by atoms with Crippen LogP contribution in [0, 0.1) is 0 Å². The Hall–Kier alpha value is -1.01. The molecule has 8 heteroatoms. The van der Waals surface area contributed by atoms with Crippen molar-refractivity contribution in [1.82, 2.24) is 4.98 Å². The number of nitrogens with zero attached hydrogens (tertiary/aromatic N) is 1. The van der Waals surface area contributed by atoms with Gasteiger partial charge in [0.2, 0.25) is 0 Å². The second-order valence-electron chi connectivity index (χ2n) is 3.52. The van der Waals surface area contributed by atoms with Crippen LogP contribution in [0.3, 0.4) is 0 Å². The van der Waals surface area contributed by atoms with E-state index in [1.54, 1.807) is 6.07 Å². The average molecular weight is 338 g/mol. The summed E-state index contributed by atoms with van der Waals surface area (Å²) in [6.07, 6.45) is 1.45. The van der Waals surface area contributed by atoms with E-state index in [4.69, 9.17) is 34.8 Å². The maximum absolute atomic E-state index is 12.2. The third-order valence-corrected chi connectivity index (χ3v) is 4.57. The molecule has 0 fully saturated rings. The number of aromatic nitrogens is 1. The van der Waals surface area contributed by atoms with Gasteiger partial charge in [0.1, 0.15) is 4.90 Å². The maximum Gasteiger partial charge on any atom is 0.263 e. The first-order chi connectivity index (χ1) is 8.90. The van der Waals surface area contributed by atoms with Crippen LogP contribution in [0.5, 0.6) is 0 Å². The van der Waals surface area contributed by atoms with Crippen LogP contribution < -0.4 is 4.72 Å². The van der Waals surface area contributed by atoms with Gasteiger partial charge in [0.25, 0.3) is 10.0 Å². The number of hydrogen-bond acceptors (Lipinski definition) is 3. The highest BCUT2D eigenvalue weighted by Crippen LogP contribution is 2.28. The minimum absolute atomic E-state index is 0.0456. The second-order valence-corrected chi connectivity index (χ2v) is 6.37. The van der Waals surface area contributed by atoms with Gasteiger partial charge in [-0.2, -0.15) is 0 Å². The summed E-state index contributed by atoms with van der Waals surface area (Å²) < 4.78 is 26.7. The van der Waals surface area contributed by atoms with Gasteiger partial charge < -0.3 is 0 Å². The van der Waals surface area contributed by atoms with Crippen LogP contribution >= 0.6 is 34.8 Å². The van der Waals surface area contributed by atoms with Crippen LogP contribution in [-0.4, -0.2) is 13.4 Å². The first kappa shape index (κ1) is 14.4. The van der Waals surface area contributed by atoms with Gasteiger partial charge in [-0.3, -0.25) is 4.72 Å². The molecule has 1 N–H and O–H groups in total. The van der Waals surface area contributed by atoms with Gasteiger partial charge in [-0.1, -0.05) is 34.8 Å². The Bertz CT molecular complexity index is 720. The van der Waals surface area contributed by atoms with E-state index in [1.165, 1.54) is 30.5 Å². The Morgan fingerprint density at radius 2 is 1.84 bits per heavy atom. The summed E-state index contributed by atoms with van der Waals surface area (Å²) in [5, 5.41) is 0.378. The van der Waals surface area contributed by atoms with Gasteiger partial charge in [-0.05, 0) is 30.3 Å². The molecule has 1 aromatic carbocycles. The summed E-state index contributed by atoms with van der Waals surface area (Å²) >= 11 is 17.4. The summed E-state index contributed by atoms with van der Waals surface area (Å²) in [7, 11) is -3.88. The number of nitrogens with one attached hydrogen (secondary N) is 1. The summed E-state index contributed by atoms with van der Waals surface area (Å²) in [4.78, 5) is 3.65. The Balaban J connectivity index is 2.44. The molecule has 0 atom stereocenters. The van der Waals surface area contributed by atoms with E-state index in [0.29, 0.717) is 0 Å². The molecule has 0 bridgehead atoms. The Morgan fingerprint density at radius 1 is 1.11 bits per heavy atom.